The number of nitrogens with zero attached hydrogens (tertiary/aromatic N) is 1. The third-order valence-electron chi connectivity index (χ3n) is 6.23. The van der Waals surface area contributed by atoms with Crippen LogP contribution in [0.5, 0.6) is 0 Å². The molecule has 34 heavy (non-hydrogen) atoms. The van der Waals surface area contributed by atoms with E-state index in [0.717, 1.165) is 23.2 Å². The molecule has 1 aliphatic rings. The molecule has 176 valence electrons. The number of carbonyl (C=O) groups excluding carboxylic acids is 2. The molecule has 1 heterocycles. The SMILES string of the molecule is CC(N[N@@+]1(Cc2ccccc2)CC[C@H]1C(=O)OCc1ccccc1)C(=O)OCc1ccccc1. The van der Waals surface area contributed by atoms with E-state index in [-0.39, 0.29) is 29.7 Å². The van der Waals surface area contributed by atoms with Crippen LogP contribution in [0.4, 0.5) is 0 Å². The molecular formula is C28H31N2O4+. The van der Waals surface area contributed by atoms with Gasteiger partial charge in [0.15, 0.2) is 0 Å². The summed E-state index contributed by atoms with van der Waals surface area (Å²) in [4.78, 5) is 25.8. The summed E-state index contributed by atoms with van der Waals surface area (Å²) in [6.45, 7) is 3.52. The van der Waals surface area contributed by atoms with Crippen molar-refractivity contribution in [1.82, 2.24) is 5.43 Å². The van der Waals surface area contributed by atoms with E-state index in [9.17, 15) is 9.59 Å². The van der Waals surface area contributed by atoms with Crippen molar-refractivity contribution in [3.8, 4) is 0 Å². The number of rotatable bonds is 10. The molecule has 0 saturated carbocycles. The lowest BCUT2D eigenvalue weighted by Crippen LogP contribution is -2.75. The van der Waals surface area contributed by atoms with Crippen LogP contribution < -0.4 is 5.43 Å². The molecule has 0 spiro atoms. The van der Waals surface area contributed by atoms with Gasteiger partial charge in [0.05, 0.1) is 6.42 Å². The number of ether oxygens (including phenoxy) is 2. The molecule has 1 fully saturated rings. The van der Waals surface area contributed by atoms with Gasteiger partial charge < -0.3 is 9.47 Å². The highest BCUT2D eigenvalue weighted by molar-refractivity contribution is 5.76. The van der Waals surface area contributed by atoms with Gasteiger partial charge in [0.25, 0.3) is 0 Å². The second kappa shape index (κ2) is 11.1. The summed E-state index contributed by atoms with van der Waals surface area (Å²) in [6.07, 6.45) is 0.694. The number of hydrogen-bond acceptors (Lipinski definition) is 5. The van der Waals surface area contributed by atoms with Gasteiger partial charge in [-0.2, -0.15) is 5.43 Å². The van der Waals surface area contributed by atoms with Crippen LogP contribution in [0.15, 0.2) is 91.0 Å². The Bertz CT molecular complexity index is 1080. The van der Waals surface area contributed by atoms with E-state index in [0.29, 0.717) is 13.0 Å². The predicted molar refractivity (Wildman–Crippen MR) is 129 cm³/mol. The van der Waals surface area contributed by atoms with Crippen LogP contribution >= 0.6 is 0 Å². The molecule has 3 aromatic carbocycles. The number of hydrogen-bond donors (Lipinski definition) is 1. The van der Waals surface area contributed by atoms with E-state index < -0.39 is 12.1 Å². The third kappa shape index (κ3) is 5.90. The molecule has 0 aliphatic carbocycles. The van der Waals surface area contributed by atoms with Gasteiger partial charge in [0.1, 0.15) is 32.3 Å². The van der Waals surface area contributed by atoms with E-state index in [4.69, 9.17) is 9.47 Å². The maximum atomic E-state index is 13.1. The van der Waals surface area contributed by atoms with E-state index >= 15 is 0 Å². The first-order chi connectivity index (χ1) is 16.6. The fourth-order valence-electron chi connectivity index (χ4n) is 4.31. The number of esters is 2. The summed E-state index contributed by atoms with van der Waals surface area (Å²) in [5, 5.41) is 0. The minimum absolute atomic E-state index is 0.215. The van der Waals surface area contributed by atoms with Gasteiger partial charge in [-0.3, -0.25) is 4.79 Å². The molecule has 0 amide bonds. The van der Waals surface area contributed by atoms with Gasteiger partial charge >= 0.3 is 11.9 Å². The summed E-state index contributed by atoms with van der Waals surface area (Å²) >= 11 is 0. The quantitative estimate of drug-likeness (QED) is 0.364. The smallest absolute Gasteiger partial charge is 0.367 e. The van der Waals surface area contributed by atoms with E-state index in [1.54, 1.807) is 6.92 Å². The fourth-order valence-corrected chi connectivity index (χ4v) is 4.31. The monoisotopic (exact) mass is 459 g/mol. The number of quaternary nitrogens is 1. The standard InChI is InChI=1S/C28H31N2O4/c1-22(27(31)33-20-24-13-7-3-8-14-24)29-30(19-23-11-5-2-6-12-23)18-17-26(30)28(32)34-21-25-15-9-4-10-16-25/h2-16,22,26,29H,17-21H2,1H3/q+1/t22?,26-,30+/m0/s1. The highest BCUT2D eigenvalue weighted by Gasteiger charge is 2.53. The van der Waals surface area contributed by atoms with Crippen LogP contribution in [0.25, 0.3) is 0 Å². The van der Waals surface area contributed by atoms with Crippen LogP contribution in [0, 0.1) is 0 Å². The molecular weight excluding hydrogens is 428 g/mol. The van der Waals surface area contributed by atoms with Crippen molar-refractivity contribution in [3.63, 3.8) is 0 Å². The van der Waals surface area contributed by atoms with Crippen molar-refractivity contribution in [1.29, 1.82) is 0 Å². The summed E-state index contributed by atoms with van der Waals surface area (Å²) < 4.78 is 11.5. The van der Waals surface area contributed by atoms with Crippen molar-refractivity contribution in [3.05, 3.63) is 108 Å². The van der Waals surface area contributed by atoms with Crippen LogP contribution in [0.3, 0.4) is 0 Å². The molecule has 6 nitrogen and oxygen atoms in total. The Morgan fingerprint density at radius 1 is 0.824 bits per heavy atom. The average Bonchev–Trinajstić information content (AvgIpc) is 2.86. The average molecular weight is 460 g/mol. The summed E-state index contributed by atoms with van der Waals surface area (Å²) in [5.41, 5.74) is 6.37. The van der Waals surface area contributed by atoms with Gasteiger partial charge in [-0.1, -0.05) is 91.0 Å². The molecule has 0 radical (unpaired) electrons. The Kier molecular flexibility index (Phi) is 7.72. The molecule has 1 saturated heterocycles. The van der Waals surface area contributed by atoms with Gasteiger partial charge in [-0.25, -0.2) is 9.39 Å². The van der Waals surface area contributed by atoms with E-state index in [2.05, 4.69) is 5.43 Å². The van der Waals surface area contributed by atoms with Gasteiger partial charge in [0, 0.05) is 5.56 Å². The first kappa shape index (κ1) is 23.7. The Hall–Kier alpha value is -3.48. The summed E-state index contributed by atoms with van der Waals surface area (Å²) in [6, 6.07) is 28.2. The lowest BCUT2D eigenvalue weighted by Gasteiger charge is -2.50. The van der Waals surface area contributed by atoms with Crippen LogP contribution in [0.1, 0.15) is 30.0 Å². The maximum absolute atomic E-state index is 13.1. The highest BCUT2D eigenvalue weighted by atomic mass is 16.5. The Morgan fingerprint density at radius 2 is 1.32 bits per heavy atom. The molecule has 3 atom stereocenters. The molecule has 3 aromatic rings. The minimum atomic E-state index is -0.586. The highest BCUT2D eigenvalue weighted by Crippen LogP contribution is 2.31. The Labute approximate surface area is 200 Å². The van der Waals surface area contributed by atoms with E-state index in [1.807, 2.05) is 91.0 Å². The second-order valence-corrected chi connectivity index (χ2v) is 8.74. The molecule has 1 N–H and O–H groups in total. The number of nitrogens with one attached hydrogen (secondary N) is 1. The normalized spacial score (nSPS) is 20.1. The lowest BCUT2D eigenvalue weighted by molar-refractivity contribution is -1.03. The lowest BCUT2D eigenvalue weighted by atomic mass is 9.99. The zero-order valence-corrected chi connectivity index (χ0v) is 19.4. The van der Waals surface area contributed by atoms with Crippen LogP contribution in [0.2, 0.25) is 0 Å². The molecule has 4 rings (SSSR count). The first-order valence-electron chi connectivity index (χ1n) is 11.7. The van der Waals surface area contributed by atoms with Gasteiger partial charge in [-0.15, -0.1) is 0 Å². The number of benzene rings is 3. The van der Waals surface area contributed by atoms with Crippen molar-refractivity contribution in [2.75, 3.05) is 6.54 Å². The molecule has 0 aromatic heterocycles. The fraction of sp³-hybridized carbons (Fsp3) is 0.286. The zero-order valence-electron chi connectivity index (χ0n) is 19.4. The second-order valence-electron chi connectivity index (χ2n) is 8.74. The maximum Gasteiger partial charge on any atom is 0.367 e. The zero-order chi connectivity index (χ0) is 23.8. The van der Waals surface area contributed by atoms with E-state index in [1.165, 1.54) is 0 Å². The van der Waals surface area contributed by atoms with Crippen LogP contribution in [-0.4, -0.2) is 35.2 Å². The molecule has 6 heteroatoms. The summed E-state index contributed by atoms with van der Waals surface area (Å²) in [5.74, 6) is -0.610. The van der Waals surface area contributed by atoms with Crippen molar-refractivity contribution < 1.29 is 23.7 Å². The minimum Gasteiger partial charge on any atom is -0.460 e. The van der Waals surface area contributed by atoms with Gasteiger partial charge in [-0.05, 0) is 18.1 Å². The Balaban J connectivity index is 1.43. The number of carbonyl (C=O) groups is 2. The van der Waals surface area contributed by atoms with Crippen LogP contribution in [-0.2, 0) is 38.8 Å². The Morgan fingerprint density at radius 3 is 1.82 bits per heavy atom. The summed E-state index contributed by atoms with van der Waals surface area (Å²) in [7, 11) is 0. The predicted octanol–water partition coefficient (Wildman–Crippen LogP) is 4.16. The third-order valence-corrected chi connectivity index (χ3v) is 6.23. The molecule has 0 bridgehead atoms. The van der Waals surface area contributed by atoms with Gasteiger partial charge in [0.2, 0.25) is 6.04 Å². The first-order valence-corrected chi connectivity index (χ1v) is 11.7. The largest absolute Gasteiger partial charge is 0.460 e. The molecule has 1 aliphatic heterocycles. The topological polar surface area (TPSA) is 64.6 Å². The van der Waals surface area contributed by atoms with Crippen molar-refractivity contribution >= 4 is 11.9 Å². The van der Waals surface area contributed by atoms with Crippen molar-refractivity contribution in [2.45, 2.75) is 45.2 Å². The van der Waals surface area contributed by atoms with Crippen molar-refractivity contribution in [2.24, 2.45) is 0 Å². The number of likely N-dealkylation sites (tertiary alicyclic amines) is 1. The molecule has 1 unspecified atom stereocenters.